The largest absolute Gasteiger partial charge is 0.348 e. The van der Waals surface area contributed by atoms with Crippen molar-refractivity contribution in [2.24, 2.45) is 0 Å². The standard InChI is InChI=1S/C19H23N3O3S/c1-14-7-8-16(19(23)22-17-9-10-20-13-17)11-18(14)26(24,25)21-12-15-5-3-2-4-6-15/h2-8,11,17,20-21H,9-10,12-13H2,1H3,(H,22,23). The van der Waals surface area contributed by atoms with E-state index >= 15 is 0 Å². The van der Waals surface area contributed by atoms with Crippen molar-refractivity contribution >= 4 is 15.9 Å². The SMILES string of the molecule is Cc1ccc(C(=O)NC2CCNC2)cc1S(=O)(=O)NCc1ccccc1. The fourth-order valence-electron chi connectivity index (χ4n) is 2.93. The molecule has 2 aromatic carbocycles. The quantitative estimate of drug-likeness (QED) is 0.717. The van der Waals surface area contributed by atoms with Crippen molar-refractivity contribution in [3.8, 4) is 0 Å². The van der Waals surface area contributed by atoms with Gasteiger partial charge in [-0.2, -0.15) is 0 Å². The van der Waals surface area contributed by atoms with Crippen molar-refractivity contribution < 1.29 is 13.2 Å². The van der Waals surface area contributed by atoms with Crippen LogP contribution in [0.5, 0.6) is 0 Å². The summed E-state index contributed by atoms with van der Waals surface area (Å²) in [5, 5.41) is 6.12. The van der Waals surface area contributed by atoms with Crippen molar-refractivity contribution in [3.05, 3.63) is 65.2 Å². The molecule has 0 aliphatic carbocycles. The van der Waals surface area contributed by atoms with E-state index in [4.69, 9.17) is 0 Å². The molecule has 1 atom stereocenters. The summed E-state index contributed by atoms with van der Waals surface area (Å²) < 4.78 is 28.0. The van der Waals surface area contributed by atoms with E-state index in [1.54, 1.807) is 19.1 Å². The Morgan fingerprint density at radius 3 is 2.65 bits per heavy atom. The molecule has 1 unspecified atom stereocenters. The van der Waals surface area contributed by atoms with E-state index in [9.17, 15) is 13.2 Å². The third-order valence-corrected chi connectivity index (χ3v) is 5.99. The molecule has 3 rings (SSSR count). The third-order valence-electron chi connectivity index (χ3n) is 4.44. The van der Waals surface area contributed by atoms with Crippen molar-refractivity contribution in [2.75, 3.05) is 13.1 Å². The summed E-state index contributed by atoms with van der Waals surface area (Å²) in [6.07, 6.45) is 0.876. The van der Waals surface area contributed by atoms with Gasteiger partial charge in [0.25, 0.3) is 5.91 Å². The number of rotatable bonds is 6. The van der Waals surface area contributed by atoms with Crippen LogP contribution in [-0.2, 0) is 16.6 Å². The zero-order valence-corrected chi connectivity index (χ0v) is 15.5. The maximum Gasteiger partial charge on any atom is 0.251 e. The molecule has 1 saturated heterocycles. The summed E-state index contributed by atoms with van der Waals surface area (Å²) in [4.78, 5) is 12.5. The Morgan fingerprint density at radius 2 is 1.96 bits per heavy atom. The first kappa shape index (κ1) is 18.6. The lowest BCUT2D eigenvalue weighted by Gasteiger charge is -2.14. The van der Waals surface area contributed by atoms with E-state index in [2.05, 4.69) is 15.4 Å². The summed E-state index contributed by atoms with van der Waals surface area (Å²) in [6, 6.07) is 14.2. The molecule has 138 valence electrons. The molecule has 26 heavy (non-hydrogen) atoms. The van der Waals surface area contributed by atoms with Gasteiger partial charge in [-0.25, -0.2) is 13.1 Å². The highest BCUT2D eigenvalue weighted by Gasteiger charge is 2.21. The summed E-state index contributed by atoms with van der Waals surface area (Å²) in [5.74, 6) is -0.252. The topological polar surface area (TPSA) is 87.3 Å². The van der Waals surface area contributed by atoms with Crippen LogP contribution in [0.15, 0.2) is 53.4 Å². The van der Waals surface area contributed by atoms with Crippen LogP contribution >= 0.6 is 0 Å². The van der Waals surface area contributed by atoms with Crippen LogP contribution in [0, 0.1) is 6.92 Å². The first-order chi connectivity index (χ1) is 12.5. The minimum Gasteiger partial charge on any atom is -0.348 e. The number of aryl methyl sites for hydroxylation is 1. The lowest BCUT2D eigenvalue weighted by Crippen LogP contribution is -2.36. The number of benzene rings is 2. The fourth-order valence-corrected chi connectivity index (χ4v) is 4.22. The lowest BCUT2D eigenvalue weighted by molar-refractivity contribution is 0.0940. The highest BCUT2D eigenvalue weighted by Crippen LogP contribution is 2.18. The predicted octanol–water partition coefficient (Wildman–Crippen LogP) is 1.57. The minimum atomic E-state index is -3.71. The second-order valence-corrected chi connectivity index (χ2v) is 8.19. The second kappa shape index (κ2) is 7.99. The average molecular weight is 373 g/mol. The molecule has 0 bridgehead atoms. The van der Waals surface area contributed by atoms with E-state index in [1.807, 2.05) is 30.3 Å². The Labute approximate surface area is 154 Å². The van der Waals surface area contributed by atoms with Crippen LogP contribution in [-0.4, -0.2) is 33.5 Å². The summed E-state index contributed by atoms with van der Waals surface area (Å²) in [5.41, 5.74) is 1.82. The van der Waals surface area contributed by atoms with Gasteiger partial charge in [-0.3, -0.25) is 4.79 Å². The van der Waals surface area contributed by atoms with Crippen LogP contribution in [0.1, 0.15) is 27.9 Å². The molecule has 6 nitrogen and oxygen atoms in total. The van der Waals surface area contributed by atoms with E-state index in [0.29, 0.717) is 11.1 Å². The monoisotopic (exact) mass is 373 g/mol. The number of hydrogen-bond acceptors (Lipinski definition) is 4. The molecule has 0 saturated carbocycles. The van der Waals surface area contributed by atoms with Gasteiger partial charge in [0.15, 0.2) is 0 Å². The number of nitrogens with one attached hydrogen (secondary N) is 3. The minimum absolute atomic E-state index is 0.0834. The van der Waals surface area contributed by atoms with Crippen LogP contribution < -0.4 is 15.4 Å². The number of carbonyl (C=O) groups is 1. The van der Waals surface area contributed by atoms with Crippen molar-refractivity contribution in [1.82, 2.24) is 15.4 Å². The van der Waals surface area contributed by atoms with E-state index in [0.717, 1.165) is 25.1 Å². The Morgan fingerprint density at radius 1 is 1.19 bits per heavy atom. The van der Waals surface area contributed by atoms with Gasteiger partial charge in [-0.15, -0.1) is 0 Å². The van der Waals surface area contributed by atoms with E-state index in [-0.39, 0.29) is 23.4 Å². The van der Waals surface area contributed by atoms with E-state index in [1.165, 1.54) is 6.07 Å². The normalized spacial score (nSPS) is 17.2. The second-order valence-electron chi connectivity index (χ2n) is 6.45. The number of amides is 1. The number of sulfonamides is 1. The van der Waals surface area contributed by atoms with Gasteiger partial charge in [0.1, 0.15) is 0 Å². The molecule has 1 heterocycles. The predicted molar refractivity (Wildman–Crippen MR) is 100 cm³/mol. The third kappa shape index (κ3) is 4.49. The molecule has 0 aromatic heterocycles. The maximum absolute atomic E-state index is 12.7. The van der Waals surface area contributed by atoms with Crippen LogP contribution in [0.2, 0.25) is 0 Å². The zero-order valence-electron chi connectivity index (χ0n) is 14.7. The van der Waals surface area contributed by atoms with Gasteiger partial charge >= 0.3 is 0 Å². The van der Waals surface area contributed by atoms with Gasteiger partial charge < -0.3 is 10.6 Å². The first-order valence-corrected chi connectivity index (χ1v) is 10.1. The fraction of sp³-hybridized carbons (Fsp3) is 0.316. The van der Waals surface area contributed by atoms with E-state index < -0.39 is 10.0 Å². The first-order valence-electron chi connectivity index (χ1n) is 8.61. The van der Waals surface area contributed by atoms with Crippen LogP contribution in [0.3, 0.4) is 0 Å². The Hall–Kier alpha value is -2.22. The van der Waals surface area contributed by atoms with Crippen LogP contribution in [0.25, 0.3) is 0 Å². The molecule has 0 radical (unpaired) electrons. The van der Waals surface area contributed by atoms with Crippen molar-refractivity contribution in [1.29, 1.82) is 0 Å². The molecule has 2 aromatic rings. The Balaban J connectivity index is 1.76. The average Bonchev–Trinajstić information content (AvgIpc) is 3.14. The van der Waals surface area contributed by atoms with Gasteiger partial charge in [0.05, 0.1) is 4.90 Å². The molecule has 0 spiro atoms. The molecule has 7 heteroatoms. The highest BCUT2D eigenvalue weighted by atomic mass is 32.2. The highest BCUT2D eigenvalue weighted by molar-refractivity contribution is 7.89. The van der Waals surface area contributed by atoms with Gasteiger partial charge in [-0.05, 0) is 43.1 Å². The molecule has 1 fully saturated rings. The molecule has 1 amide bonds. The number of carbonyl (C=O) groups excluding carboxylic acids is 1. The molecule has 1 aliphatic rings. The van der Waals surface area contributed by atoms with Gasteiger partial charge in [0.2, 0.25) is 10.0 Å². The molecule has 1 aliphatic heterocycles. The Bertz CT molecular complexity index is 876. The zero-order chi connectivity index (χ0) is 18.6. The summed E-state index contributed by atoms with van der Waals surface area (Å²) >= 11 is 0. The molecule has 3 N–H and O–H groups in total. The maximum atomic E-state index is 12.7. The molecular formula is C19H23N3O3S. The summed E-state index contributed by atoms with van der Waals surface area (Å²) in [6.45, 7) is 3.54. The molecular weight excluding hydrogens is 350 g/mol. The summed E-state index contributed by atoms with van der Waals surface area (Å²) in [7, 11) is -3.71. The van der Waals surface area contributed by atoms with Crippen LogP contribution in [0.4, 0.5) is 0 Å². The number of hydrogen-bond donors (Lipinski definition) is 3. The van der Waals surface area contributed by atoms with Gasteiger partial charge in [0, 0.05) is 24.7 Å². The lowest BCUT2D eigenvalue weighted by atomic mass is 10.1. The smallest absolute Gasteiger partial charge is 0.251 e. The van der Waals surface area contributed by atoms with Gasteiger partial charge in [-0.1, -0.05) is 36.4 Å². The Kier molecular flexibility index (Phi) is 5.70. The van der Waals surface area contributed by atoms with Crippen molar-refractivity contribution in [2.45, 2.75) is 30.8 Å². The van der Waals surface area contributed by atoms with Crippen molar-refractivity contribution in [3.63, 3.8) is 0 Å².